The standard InChI is InChI=1S/C21H21F2N3O3/c1-2-25(13-18(27)24-19-16(22)9-5-10-17(19)23)11-6-12-26-20(28)14-7-3-4-8-15(14)21(26)29/h3-5,7-10H,2,6,11-13H2,1H3,(H,24,27). The first-order valence-electron chi connectivity index (χ1n) is 9.33. The van der Waals surface area contributed by atoms with Gasteiger partial charge < -0.3 is 5.32 Å². The Kier molecular flexibility index (Phi) is 6.33. The van der Waals surface area contributed by atoms with Crippen molar-refractivity contribution in [3.8, 4) is 0 Å². The summed E-state index contributed by atoms with van der Waals surface area (Å²) in [5.41, 5.74) is 0.326. The second-order valence-corrected chi connectivity index (χ2v) is 6.67. The van der Waals surface area contributed by atoms with E-state index in [0.717, 1.165) is 12.1 Å². The molecule has 0 aromatic heterocycles. The summed E-state index contributed by atoms with van der Waals surface area (Å²) >= 11 is 0. The van der Waals surface area contributed by atoms with Crippen molar-refractivity contribution in [1.82, 2.24) is 9.80 Å². The van der Waals surface area contributed by atoms with Gasteiger partial charge in [0.2, 0.25) is 5.91 Å². The monoisotopic (exact) mass is 401 g/mol. The first-order chi connectivity index (χ1) is 13.9. The first-order valence-corrected chi connectivity index (χ1v) is 9.33. The zero-order valence-corrected chi connectivity index (χ0v) is 16.0. The summed E-state index contributed by atoms with van der Waals surface area (Å²) in [6.45, 7) is 2.98. The zero-order valence-electron chi connectivity index (χ0n) is 16.0. The Hall–Kier alpha value is -3.13. The number of fused-ring (bicyclic) bond motifs is 1. The minimum absolute atomic E-state index is 0.0631. The van der Waals surface area contributed by atoms with E-state index < -0.39 is 23.2 Å². The Morgan fingerprint density at radius 3 is 2.14 bits per heavy atom. The van der Waals surface area contributed by atoms with Crippen molar-refractivity contribution in [2.24, 2.45) is 0 Å². The topological polar surface area (TPSA) is 69.7 Å². The summed E-state index contributed by atoms with van der Waals surface area (Å²) in [5.74, 6) is -2.86. The van der Waals surface area contributed by atoms with E-state index in [9.17, 15) is 23.2 Å². The fraction of sp³-hybridized carbons (Fsp3) is 0.286. The number of benzene rings is 2. The van der Waals surface area contributed by atoms with Gasteiger partial charge >= 0.3 is 0 Å². The molecule has 0 atom stereocenters. The van der Waals surface area contributed by atoms with Crippen molar-refractivity contribution < 1.29 is 23.2 Å². The van der Waals surface area contributed by atoms with E-state index in [2.05, 4.69) is 5.32 Å². The first kappa shape index (κ1) is 20.6. The van der Waals surface area contributed by atoms with E-state index in [1.807, 2.05) is 6.92 Å². The van der Waals surface area contributed by atoms with Crippen LogP contribution in [0.1, 0.15) is 34.1 Å². The number of nitrogens with zero attached hydrogens (tertiary/aromatic N) is 2. The van der Waals surface area contributed by atoms with E-state index in [1.165, 1.54) is 11.0 Å². The average molecular weight is 401 g/mol. The predicted molar refractivity (Wildman–Crippen MR) is 104 cm³/mol. The summed E-state index contributed by atoms with van der Waals surface area (Å²) in [5, 5.41) is 2.25. The van der Waals surface area contributed by atoms with E-state index in [1.54, 1.807) is 29.2 Å². The molecule has 0 saturated carbocycles. The number of hydrogen-bond acceptors (Lipinski definition) is 4. The third kappa shape index (κ3) is 4.48. The van der Waals surface area contributed by atoms with Crippen molar-refractivity contribution in [2.75, 3.05) is 31.5 Å². The SMILES string of the molecule is CCN(CCCN1C(=O)c2ccccc2C1=O)CC(=O)Nc1c(F)cccc1F. The zero-order chi connectivity index (χ0) is 21.0. The molecule has 0 spiro atoms. The van der Waals surface area contributed by atoms with Gasteiger partial charge in [0.1, 0.15) is 17.3 Å². The third-order valence-electron chi connectivity index (χ3n) is 4.78. The lowest BCUT2D eigenvalue weighted by Gasteiger charge is -2.21. The van der Waals surface area contributed by atoms with Crippen LogP contribution in [-0.2, 0) is 4.79 Å². The minimum Gasteiger partial charge on any atom is -0.320 e. The molecule has 1 aliphatic rings. The maximum Gasteiger partial charge on any atom is 0.261 e. The molecule has 2 aromatic carbocycles. The summed E-state index contributed by atoms with van der Waals surface area (Å²) < 4.78 is 27.3. The van der Waals surface area contributed by atoms with Gasteiger partial charge in [0.25, 0.3) is 11.8 Å². The Morgan fingerprint density at radius 1 is 1.00 bits per heavy atom. The quantitative estimate of drug-likeness (QED) is 0.691. The van der Waals surface area contributed by atoms with E-state index in [0.29, 0.717) is 30.6 Å². The molecule has 29 heavy (non-hydrogen) atoms. The number of hydrogen-bond donors (Lipinski definition) is 1. The summed E-state index contributed by atoms with van der Waals surface area (Å²) in [6, 6.07) is 10.0. The molecule has 0 saturated heterocycles. The molecule has 1 aliphatic heterocycles. The van der Waals surface area contributed by atoms with Crippen LogP contribution in [0.3, 0.4) is 0 Å². The van der Waals surface area contributed by atoms with Crippen LogP contribution in [0.25, 0.3) is 0 Å². The number of para-hydroxylation sites is 1. The molecule has 3 rings (SSSR count). The van der Waals surface area contributed by atoms with Gasteiger partial charge in [-0.25, -0.2) is 8.78 Å². The molecule has 8 heteroatoms. The Morgan fingerprint density at radius 2 is 1.59 bits per heavy atom. The largest absolute Gasteiger partial charge is 0.320 e. The van der Waals surface area contributed by atoms with Gasteiger partial charge in [0, 0.05) is 13.1 Å². The van der Waals surface area contributed by atoms with Crippen LogP contribution in [0.15, 0.2) is 42.5 Å². The number of amides is 3. The van der Waals surface area contributed by atoms with Crippen LogP contribution >= 0.6 is 0 Å². The molecule has 2 aromatic rings. The summed E-state index contributed by atoms with van der Waals surface area (Å²) in [7, 11) is 0. The van der Waals surface area contributed by atoms with Gasteiger partial charge in [0.15, 0.2) is 0 Å². The van der Waals surface area contributed by atoms with Gasteiger partial charge in [-0.1, -0.05) is 25.1 Å². The highest BCUT2D eigenvalue weighted by Gasteiger charge is 2.34. The predicted octanol–water partition coefficient (Wildman–Crippen LogP) is 2.91. The maximum atomic E-state index is 13.7. The molecule has 1 heterocycles. The molecule has 0 unspecified atom stereocenters. The Labute approximate surface area is 167 Å². The number of anilines is 1. The Bertz CT molecular complexity index is 893. The molecule has 0 radical (unpaired) electrons. The highest BCUT2D eigenvalue weighted by atomic mass is 19.1. The lowest BCUT2D eigenvalue weighted by Crippen LogP contribution is -2.37. The van der Waals surface area contributed by atoms with Gasteiger partial charge in [0.05, 0.1) is 17.7 Å². The fourth-order valence-electron chi connectivity index (χ4n) is 3.24. The third-order valence-corrected chi connectivity index (χ3v) is 4.78. The van der Waals surface area contributed by atoms with Crippen molar-refractivity contribution in [3.63, 3.8) is 0 Å². The Balaban J connectivity index is 1.52. The molecule has 1 N–H and O–H groups in total. The number of likely N-dealkylation sites (N-methyl/N-ethyl adjacent to an activating group) is 1. The van der Waals surface area contributed by atoms with Gasteiger partial charge in [-0.15, -0.1) is 0 Å². The lowest BCUT2D eigenvalue weighted by atomic mass is 10.1. The van der Waals surface area contributed by atoms with E-state index >= 15 is 0 Å². The van der Waals surface area contributed by atoms with Crippen LogP contribution < -0.4 is 5.32 Å². The van der Waals surface area contributed by atoms with Crippen LogP contribution in [0, 0.1) is 11.6 Å². The molecule has 3 amide bonds. The lowest BCUT2D eigenvalue weighted by molar-refractivity contribution is -0.117. The number of carbonyl (C=O) groups excluding carboxylic acids is 3. The highest BCUT2D eigenvalue weighted by molar-refractivity contribution is 6.21. The fourth-order valence-corrected chi connectivity index (χ4v) is 3.24. The smallest absolute Gasteiger partial charge is 0.261 e. The normalized spacial score (nSPS) is 13.2. The number of halogens is 2. The van der Waals surface area contributed by atoms with Crippen LogP contribution in [0.4, 0.5) is 14.5 Å². The van der Waals surface area contributed by atoms with Crippen LogP contribution in [0.2, 0.25) is 0 Å². The molecule has 152 valence electrons. The average Bonchev–Trinajstić information content (AvgIpc) is 2.95. The van der Waals surface area contributed by atoms with Crippen molar-refractivity contribution in [3.05, 3.63) is 65.2 Å². The number of rotatable bonds is 8. The van der Waals surface area contributed by atoms with Crippen molar-refractivity contribution in [1.29, 1.82) is 0 Å². The molecule has 0 bridgehead atoms. The number of imide groups is 1. The molecular weight excluding hydrogens is 380 g/mol. The van der Waals surface area contributed by atoms with Gasteiger partial charge in [-0.3, -0.25) is 24.2 Å². The molecule has 0 fully saturated rings. The van der Waals surface area contributed by atoms with Gasteiger partial charge in [-0.05, 0) is 37.2 Å². The molecule has 6 nitrogen and oxygen atoms in total. The number of nitrogens with one attached hydrogen (secondary N) is 1. The van der Waals surface area contributed by atoms with E-state index in [-0.39, 0.29) is 24.9 Å². The summed E-state index contributed by atoms with van der Waals surface area (Å²) in [4.78, 5) is 39.8. The second kappa shape index (κ2) is 8.91. The number of carbonyl (C=O) groups is 3. The van der Waals surface area contributed by atoms with Crippen LogP contribution in [-0.4, -0.2) is 53.7 Å². The maximum absolute atomic E-state index is 13.7. The van der Waals surface area contributed by atoms with Crippen LogP contribution in [0.5, 0.6) is 0 Å². The minimum atomic E-state index is -0.841. The van der Waals surface area contributed by atoms with Crippen molar-refractivity contribution >= 4 is 23.4 Å². The van der Waals surface area contributed by atoms with Crippen molar-refractivity contribution in [2.45, 2.75) is 13.3 Å². The van der Waals surface area contributed by atoms with Gasteiger partial charge in [-0.2, -0.15) is 0 Å². The molecular formula is C21H21F2N3O3. The highest BCUT2D eigenvalue weighted by Crippen LogP contribution is 2.22. The summed E-state index contributed by atoms with van der Waals surface area (Å²) in [6.07, 6.45) is 0.473. The molecule has 0 aliphatic carbocycles. The second-order valence-electron chi connectivity index (χ2n) is 6.67. The van der Waals surface area contributed by atoms with E-state index in [4.69, 9.17) is 0 Å².